The Kier molecular flexibility index (Phi) is 8.50. The molecule has 2 fully saturated rings. The third-order valence-electron chi connectivity index (χ3n) is 9.89. The predicted molar refractivity (Wildman–Crippen MR) is 178 cm³/mol. The van der Waals surface area contributed by atoms with E-state index in [2.05, 4.69) is 26.7 Å². The first kappa shape index (κ1) is 32.0. The van der Waals surface area contributed by atoms with E-state index >= 15 is 8.78 Å². The van der Waals surface area contributed by atoms with Crippen LogP contribution in [0.25, 0.3) is 10.9 Å². The van der Waals surface area contributed by atoms with Crippen molar-refractivity contribution in [3.8, 4) is 0 Å². The number of hydrogen-bond donors (Lipinski definition) is 5. The number of fused-ring (bicyclic) bond motifs is 2. The van der Waals surface area contributed by atoms with Crippen LogP contribution in [0, 0.1) is 11.6 Å². The van der Waals surface area contributed by atoms with Gasteiger partial charge in [0.15, 0.2) is 5.82 Å². The first-order valence-electron chi connectivity index (χ1n) is 16.6. The molecule has 48 heavy (non-hydrogen) atoms. The summed E-state index contributed by atoms with van der Waals surface area (Å²) in [6.45, 7) is 3.58. The molecular formula is C35H38F2N6O5. The molecule has 1 saturated heterocycles. The normalized spacial score (nSPS) is 18.6. The van der Waals surface area contributed by atoms with Crippen molar-refractivity contribution in [3.63, 3.8) is 0 Å². The summed E-state index contributed by atoms with van der Waals surface area (Å²) in [5.41, 5.74) is 0.572. The fourth-order valence-corrected chi connectivity index (χ4v) is 7.39. The Hall–Kier alpha value is -4.62. The van der Waals surface area contributed by atoms with Crippen LogP contribution >= 0.6 is 0 Å². The Balaban J connectivity index is 1.17. The fraction of sp³-hybridized carbons (Fsp3) is 0.429. The van der Waals surface area contributed by atoms with Crippen LogP contribution in [0.15, 0.2) is 44.7 Å². The molecule has 2 unspecified atom stereocenters. The zero-order chi connectivity index (χ0) is 33.7. The van der Waals surface area contributed by atoms with Crippen LogP contribution in [0.1, 0.15) is 83.7 Å². The van der Waals surface area contributed by atoms with Crippen LogP contribution < -0.4 is 27.3 Å². The second kappa shape index (κ2) is 12.8. The monoisotopic (exact) mass is 660 g/mol. The van der Waals surface area contributed by atoms with Gasteiger partial charge in [-0.3, -0.25) is 24.0 Å². The van der Waals surface area contributed by atoms with Gasteiger partial charge in [-0.1, -0.05) is 6.07 Å². The van der Waals surface area contributed by atoms with Gasteiger partial charge >= 0.3 is 11.7 Å². The molecule has 11 nitrogen and oxygen atoms in total. The number of nitrogens with zero attached hydrogens (tertiary/aromatic N) is 2. The number of H-pyrrole nitrogens is 2. The first-order chi connectivity index (χ1) is 23.1. The van der Waals surface area contributed by atoms with Crippen molar-refractivity contribution < 1.29 is 18.7 Å². The van der Waals surface area contributed by atoms with Crippen LogP contribution in [0.4, 0.5) is 20.3 Å². The lowest BCUT2D eigenvalue weighted by atomic mass is 9.95. The molecule has 7 rings (SSSR count). The molecule has 3 heterocycles. The number of halogens is 2. The van der Waals surface area contributed by atoms with Crippen LogP contribution in [0.2, 0.25) is 0 Å². The lowest BCUT2D eigenvalue weighted by Crippen LogP contribution is -2.50. The number of rotatable bonds is 10. The van der Waals surface area contributed by atoms with Crippen LogP contribution in [0.5, 0.6) is 0 Å². The summed E-state index contributed by atoms with van der Waals surface area (Å²) in [5.74, 6) is -3.24. The molecule has 13 heteroatoms. The van der Waals surface area contributed by atoms with Gasteiger partial charge < -0.3 is 20.7 Å². The standard InChI is InChI=1S/C35H38F2N6O5/c1-18-17-42(13-11-38-18)25(28-24(36)15-23-32(30(28)37)41-31(20-7-8-20)29(33(23)45)34(46)47)6-3-12-43-27(44)16-26(40-35(43)48)39-22-10-9-19-4-2-5-21(19)14-22/h9-10,14-16,18,20,25,38-39H,2-8,11-13,17H2,1H3,(H,40,48)(H,41,45)(H,46,47). The van der Waals surface area contributed by atoms with Crippen molar-refractivity contribution in [2.45, 2.75) is 76.4 Å². The molecular weight excluding hydrogens is 622 g/mol. The van der Waals surface area contributed by atoms with E-state index in [1.807, 2.05) is 24.0 Å². The van der Waals surface area contributed by atoms with Gasteiger partial charge in [0.05, 0.1) is 10.9 Å². The molecule has 2 atom stereocenters. The van der Waals surface area contributed by atoms with E-state index in [0.29, 0.717) is 32.5 Å². The Morgan fingerprint density at radius 3 is 2.60 bits per heavy atom. The molecule has 1 aliphatic heterocycles. The smallest absolute Gasteiger partial charge is 0.341 e. The molecule has 0 bridgehead atoms. The minimum atomic E-state index is -1.44. The highest BCUT2D eigenvalue weighted by Gasteiger charge is 2.35. The minimum Gasteiger partial charge on any atom is -0.477 e. The maximum atomic E-state index is 16.5. The van der Waals surface area contributed by atoms with Gasteiger partial charge in [-0.25, -0.2) is 18.4 Å². The van der Waals surface area contributed by atoms with E-state index in [1.54, 1.807) is 0 Å². The van der Waals surface area contributed by atoms with Gasteiger partial charge in [-0.15, -0.1) is 0 Å². The van der Waals surface area contributed by atoms with Gasteiger partial charge in [-0.05, 0) is 81.2 Å². The number of aromatic nitrogens is 3. The van der Waals surface area contributed by atoms with Crippen molar-refractivity contribution in [1.29, 1.82) is 0 Å². The maximum absolute atomic E-state index is 16.5. The largest absolute Gasteiger partial charge is 0.477 e. The Labute approximate surface area is 274 Å². The Morgan fingerprint density at radius 2 is 1.88 bits per heavy atom. The van der Waals surface area contributed by atoms with Crippen molar-refractivity contribution in [2.75, 3.05) is 25.0 Å². The number of aromatic carboxylic acids is 1. The summed E-state index contributed by atoms with van der Waals surface area (Å²) < 4.78 is 33.5. The van der Waals surface area contributed by atoms with E-state index < -0.39 is 45.9 Å². The number of carboxylic acids is 1. The Morgan fingerprint density at radius 1 is 1.08 bits per heavy atom. The van der Waals surface area contributed by atoms with E-state index in [-0.39, 0.29) is 59.3 Å². The number of aryl methyl sites for hydroxylation is 2. The second-order valence-electron chi connectivity index (χ2n) is 13.3. The zero-order valence-corrected chi connectivity index (χ0v) is 26.6. The first-order valence-corrected chi connectivity index (χ1v) is 16.6. The third kappa shape index (κ3) is 6.08. The zero-order valence-electron chi connectivity index (χ0n) is 26.6. The van der Waals surface area contributed by atoms with Crippen molar-refractivity contribution >= 4 is 28.4 Å². The molecule has 0 spiro atoms. The number of nitrogens with one attached hydrogen (secondary N) is 4. The number of hydrogen-bond acceptors (Lipinski definition) is 7. The van der Waals surface area contributed by atoms with Gasteiger partial charge in [0.25, 0.3) is 5.56 Å². The van der Waals surface area contributed by atoms with Crippen molar-refractivity contribution in [2.24, 2.45) is 0 Å². The predicted octanol–water partition coefficient (Wildman–Crippen LogP) is 4.28. The van der Waals surface area contributed by atoms with Crippen molar-refractivity contribution in [3.05, 3.63) is 101 Å². The van der Waals surface area contributed by atoms with E-state index in [4.69, 9.17) is 0 Å². The molecule has 5 N–H and O–H groups in total. The van der Waals surface area contributed by atoms with Gasteiger partial charge in [0.2, 0.25) is 5.43 Å². The number of carbonyl (C=O) groups is 1. The summed E-state index contributed by atoms with van der Waals surface area (Å²) in [4.78, 5) is 58.8. The molecule has 0 amide bonds. The number of benzene rings is 2. The molecule has 2 aromatic carbocycles. The summed E-state index contributed by atoms with van der Waals surface area (Å²) in [6, 6.07) is 7.52. The third-order valence-corrected chi connectivity index (χ3v) is 9.89. The molecule has 4 aromatic rings. The molecule has 0 radical (unpaired) electrons. The van der Waals surface area contributed by atoms with Gasteiger partial charge in [0.1, 0.15) is 17.2 Å². The van der Waals surface area contributed by atoms with Crippen LogP contribution in [-0.4, -0.2) is 56.2 Å². The van der Waals surface area contributed by atoms with Crippen molar-refractivity contribution in [1.82, 2.24) is 24.8 Å². The molecule has 2 aliphatic carbocycles. The second-order valence-corrected chi connectivity index (χ2v) is 13.3. The van der Waals surface area contributed by atoms with E-state index in [1.165, 1.54) is 17.2 Å². The lowest BCUT2D eigenvalue weighted by molar-refractivity contribution is 0.0694. The fourth-order valence-electron chi connectivity index (χ4n) is 7.39. The maximum Gasteiger partial charge on any atom is 0.341 e. The number of aromatic amines is 2. The minimum absolute atomic E-state index is 0.0207. The summed E-state index contributed by atoms with van der Waals surface area (Å²) in [6.07, 6.45) is 4.95. The molecule has 1 saturated carbocycles. The highest BCUT2D eigenvalue weighted by Crippen LogP contribution is 2.41. The molecule has 252 valence electrons. The van der Waals surface area contributed by atoms with E-state index in [9.17, 15) is 24.3 Å². The summed E-state index contributed by atoms with van der Waals surface area (Å²) in [5, 5.41) is 15.8. The lowest BCUT2D eigenvalue weighted by Gasteiger charge is -2.38. The highest BCUT2D eigenvalue weighted by atomic mass is 19.1. The van der Waals surface area contributed by atoms with Crippen LogP contribution in [-0.2, 0) is 19.4 Å². The SMILES string of the molecule is CC1CN(C(CCCn2c(=O)cc(Nc3ccc4c(c3)CCC4)[nH]c2=O)c2c(F)cc3c(=O)c(C(=O)O)c(C4CC4)[nH]c3c2F)CCN1. The number of anilines is 2. The number of carboxylic acid groups (broad SMARTS) is 1. The number of piperazine rings is 1. The number of pyridine rings is 1. The quantitative estimate of drug-likeness (QED) is 0.169. The molecule has 3 aliphatic rings. The summed E-state index contributed by atoms with van der Waals surface area (Å²) >= 11 is 0. The average Bonchev–Trinajstić information content (AvgIpc) is 3.78. The molecule has 2 aromatic heterocycles. The Bertz CT molecular complexity index is 2070. The van der Waals surface area contributed by atoms with E-state index in [0.717, 1.165) is 35.6 Å². The summed E-state index contributed by atoms with van der Waals surface area (Å²) in [7, 11) is 0. The van der Waals surface area contributed by atoms with Gasteiger partial charge in [-0.2, -0.15) is 0 Å². The topological polar surface area (TPSA) is 152 Å². The highest BCUT2D eigenvalue weighted by molar-refractivity contribution is 5.94. The van der Waals surface area contributed by atoms with Gasteiger partial charge in [0, 0.05) is 67.2 Å². The average molecular weight is 661 g/mol. The van der Waals surface area contributed by atoms with Crippen LogP contribution in [0.3, 0.4) is 0 Å².